The number of halogens is 3. The lowest BCUT2D eigenvalue weighted by Gasteiger charge is -2.46. The van der Waals surface area contributed by atoms with Crippen LogP contribution in [-0.2, 0) is 6.18 Å². The summed E-state index contributed by atoms with van der Waals surface area (Å²) in [5.41, 5.74) is 0.246. The molecule has 3 heterocycles. The van der Waals surface area contributed by atoms with Crippen LogP contribution in [-0.4, -0.2) is 60.7 Å². The van der Waals surface area contributed by atoms with E-state index in [1.54, 1.807) is 6.07 Å². The predicted octanol–water partition coefficient (Wildman–Crippen LogP) is 4.19. The zero-order valence-corrected chi connectivity index (χ0v) is 18.5. The first-order chi connectivity index (χ1) is 14.3. The first-order valence-electron chi connectivity index (χ1n) is 11.1. The molecule has 168 valence electrons. The van der Waals surface area contributed by atoms with E-state index < -0.39 is 12.0 Å². The van der Waals surface area contributed by atoms with Crippen molar-refractivity contribution in [2.24, 2.45) is 5.41 Å². The van der Waals surface area contributed by atoms with Gasteiger partial charge in [-0.1, -0.05) is 19.3 Å². The van der Waals surface area contributed by atoms with Crippen LogP contribution in [0.3, 0.4) is 0 Å². The predicted molar refractivity (Wildman–Crippen MR) is 116 cm³/mol. The van der Waals surface area contributed by atoms with Gasteiger partial charge in [-0.3, -0.25) is 0 Å². The minimum absolute atomic E-state index is 0.246. The molecule has 1 unspecified atom stereocenters. The topological polar surface area (TPSA) is 44.3 Å². The molecule has 1 spiro atoms. The Morgan fingerprint density at radius 1 is 1.20 bits per heavy atom. The zero-order valence-electron chi connectivity index (χ0n) is 17.7. The molecule has 0 bridgehead atoms. The molecular weight excluding hydrogens is 411 g/mol. The average Bonchev–Trinajstić information content (AvgIpc) is 2.74. The molecule has 3 aliphatic rings. The number of piperidine rings is 1. The van der Waals surface area contributed by atoms with Crippen LogP contribution in [0.25, 0.3) is 0 Å². The fourth-order valence-electron chi connectivity index (χ4n) is 5.16. The summed E-state index contributed by atoms with van der Waals surface area (Å²) in [6.45, 7) is 4.09. The minimum atomic E-state index is -4.55. The van der Waals surface area contributed by atoms with Crippen LogP contribution >= 0.6 is 11.8 Å². The van der Waals surface area contributed by atoms with E-state index in [0.29, 0.717) is 23.4 Å². The number of rotatable bonds is 4. The highest BCUT2D eigenvalue weighted by atomic mass is 32.2. The van der Waals surface area contributed by atoms with E-state index in [4.69, 9.17) is 0 Å². The molecule has 9 heteroatoms. The number of aromatic nitrogens is 2. The Morgan fingerprint density at radius 2 is 1.97 bits per heavy atom. The van der Waals surface area contributed by atoms with E-state index in [0.717, 1.165) is 38.4 Å². The molecule has 3 fully saturated rings. The molecule has 1 atom stereocenters. The molecule has 5 nitrogen and oxygen atoms in total. The van der Waals surface area contributed by atoms with Gasteiger partial charge in [0.1, 0.15) is 11.6 Å². The van der Waals surface area contributed by atoms with Gasteiger partial charge in [-0.15, -0.1) is 0 Å². The van der Waals surface area contributed by atoms with Crippen LogP contribution < -0.4 is 15.1 Å². The van der Waals surface area contributed by atoms with Crippen molar-refractivity contribution in [3.05, 3.63) is 11.9 Å². The molecule has 0 aromatic carbocycles. The Labute approximate surface area is 181 Å². The summed E-state index contributed by atoms with van der Waals surface area (Å²) < 4.78 is 40.8. The first-order valence-corrected chi connectivity index (χ1v) is 12.1. The van der Waals surface area contributed by atoms with E-state index >= 15 is 0 Å². The molecule has 4 rings (SSSR count). The number of anilines is 2. The molecule has 2 saturated heterocycles. The number of nitrogens with one attached hydrogen (secondary N) is 1. The van der Waals surface area contributed by atoms with Gasteiger partial charge in [-0.25, -0.2) is 9.97 Å². The SMILES string of the molecule is CN(CC1CNCCS1)c1cc(N2CCCC3(CCCCC3)C2)nc(C(F)(F)F)n1. The Morgan fingerprint density at radius 3 is 2.67 bits per heavy atom. The highest BCUT2D eigenvalue weighted by Gasteiger charge is 2.39. The first kappa shape index (κ1) is 22.0. The second-order valence-corrected chi connectivity index (χ2v) is 10.5. The van der Waals surface area contributed by atoms with Crippen LogP contribution in [0.5, 0.6) is 0 Å². The Hall–Kier alpha value is -1.22. The number of alkyl halides is 3. The molecular formula is C21H32F3N5S. The van der Waals surface area contributed by atoms with E-state index in [-0.39, 0.29) is 5.41 Å². The van der Waals surface area contributed by atoms with Gasteiger partial charge >= 0.3 is 6.18 Å². The monoisotopic (exact) mass is 443 g/mol. The van der Waals surface area contributed by atoms with Gasteiger partial charge in [0.2, 0.25) is 5.82 Å². The lowest BCUT2D eigenvalue weighted by atomic mass is 9.69. The number of thioether (sulfide) groups is 1. The fourth-order valence-corrected chi connectivity index (χ4v) is 6.32. The molecule has 30 heavy (non-hydrogen) atoms. The third-order valence-corrected chi connectivity index (χ3v) is 7.95. The smallest absolute Gasteiger partial charge is 0.358 e. The van der Waals surface area contributed by atoms with Crippen molar-refractivity contribution in [3.63, 3.8) is 0 Å². The van der Waals surface area contributed by atoms with Gasteiger partial charge in [0.05, 0.1) is 0 Å². The van der Waals surface area contributed by atoms with Crippen LogP contribution in [0.1, 0.15) is 50.8 Å². The van der Waals surface area contributed by atoms with Crippen molar-refractivity contribution >= 4 is 23.4 Å². The largest absolute Gasteiger partial charge is 0.451 e. The van der Waals surface area contributed by atoms with Crippen LogP contribution in [0.2, 0.25) is 0 Å². The van der Waals surface area contributed by atoms with Gasteiger partial charge in [0, 0.05) is 56.8 Å². The Kier molecular flexibility index (Phi) is 6.67. The maximum absolute atomic E-state index is 13.6. The quantitative estimate of drug-likeness (QED) is 0.753. The van der Waals surface area contributed by atoms with Gasteiger partial charge in [-0.2, -0.15) is 24.9 Å². The van der Waals surface area contributed by atoms with E-state index in [1.165, 1.54) is 38.5 Å². The molecule has 2 aliphatic heterocycles. The second kappa shape index (κ2) is 9.10. The van der Waals surface area contributed by atoms with E-state index in [2.05, 4.69) is 20.2 Å². The molecule has 1 saturated carbocycles. The van der Waals surface area contributed by atoms with Crippen molar-refractivity contribution in [2.75, 3.05) is 55.3 Å². The van der Waals surface area contributed by atoms with Crippen molar-refractivity contribution in [1.82, 2.24) is 15.3 Å². The molecule has 1 aliphatic carbocycles. The summed E-state index contributed by atoms with van der Waals surface area (Å²) in [6, 6.07) is 1.76. The van der Waals surface area contributed by atoms with Crippen molar-refractivity contribution < 1.29 is 13.2 Å². The molecule has 1 N–H and O–H groups in total. The van der Waals surface area contributed by atoms with Crippen molar-refractivity contribution in [1.29, 1.82) is 0 Å². The van der Waals surface area contributed by atoms with Gasteiger partial charge < -0.3 is 15.1 Å². The minimum Gasteiger partial charge on any atom is -0.358 e. The van der Waals surface area contributed by atoms with Crippen LogP contribution in [0.4, 0.5) is 24.8 Å². The molecule has 0 radical (unpaired) electrons. The maximum atomic E-state index is 13.6. The lowest BCUT2D eigenvalue weighted by Crippen LogP contribution is -2.45. The summed E-state index contributed by atoms with van der Waals surface area (Å²) in [7, 11) is 1.83. The summed E-state index contributed by atoms with van der Waals surface area (Å²) in [6.07, 6.45) is 3.74. The summed E-state index contributed by atoms with van der Waals surface area (Å²) in [5, 5.41) is 3.70. The summed E-state index contributed by atoms with van der Waals surface area (Å²) in [5.74, 6) is 0.788. The maximum Gasteiger partial charge on any atom is 0.451 e. The number of nitrogens with zero attached hydrogens (tertiary/aromatic N) is 4. The van der Waals surface area contributed by atoms with Crippen LogP contribution in [0.15, 0.2) is 6.07 Å². The average molecular weight is 444 g/mol. The number of hydrogen-bond acceptors (Lipinski definition) is 6. The van der Waals surface area contributed by atoms with Crippen molar-refractivity contribution in [3.8, 4) is 0 Å². The highest BCUT2D eigenvalue weighted by molar-refractivity contribution is 8.00. The van der Waals surface area contributed by atoms with E-state index in [9.17, 15) is 13.2 Å². The highest BCUT2D eigenvalue weighted by Crippen LogP contribution is 2.44. The number of hydrogen-bond donors (Lipinski definition) is 1. The molecule has 1 aromatic heterocycles. The van der Waals surface area contributed by atoms with Gasteiger partial charge in [0.15, 0.2) is 0 Å². The van der Waals surface area contributed by atoms with Crippen molar-refractivity contribution in [2.45, 2.75) is 56.4 Å². The molecule has 0 amide bonds. The fraction of sp³-hybridized carbons (Fsp3) is 0.810. The lowest BCUT2D eigenvalue weighted by molar-refractivity contribution is -0.144. The summed E-state index contributed by atoms with van der Waals surface area (Å²) >= 11 is 1.86. The standard InChI is InChI=1S/C21H32F3N5S/c1-28(14-16-13-25-9-11-30-16)17-12-18(27-19(26-17)21(22,23)24)29-10-5-8-20(15-29)6-3-2-4-7-20/h12,16,25H,2-11,13-15H2,1H3. The van der Waals surface area contributed by atoms with Gasteiger partial charge in [-0.05, 0) is 31.1 Å². The normalized spacial score (nSPS) is 24.8. The van der Waals surface area contributed by atoms with Gasteiger partial charge in [0.25, 0.3) is 0 Å². The van der Waals surface area contributed by atoms with Crippen LogP contribution in [0, 0.1) is 5.41 Å². The Balaban J connectivity index is 1.58. The summed E-state index contributed by atoms with van der Waals surface area (Å²) in [4.78, 5) is 11.8. The Bertz CT molecular complexity index is 712. The third-order valence-electron chi connectivity index (χ3n) is 6.73. The molecule has 1 aromatic rings. The third kappa shape index (κ3) is 5.15. The van der Waals surface area contributed by atoms with E-state index in [1.807, 2.05) is 23.7 Å². The second-order valence-electron chi connectivity index (χ2n) is 9.07. The zero-order chi connectivity index (χ0) is 21.2.